The number of nitrogens with one attached hydrogen (secondary N) is 1. The van der Waals surface area contributed by atoms with Crippen molar-refractivity contribution < 1.29 is 19.1 Å². The molecule has 0 bridgehead atoms. The molecule has 1 heterocycles. The number of carbonyl (C=O) groups excluding carboxylic acids is 3. The number of carbonyl (C=O) groups is 3. The molecule has 0 radical (unpaired) electrons. The molecular weight excluding hydrogens is 346 g/mol. The molecule has 1 aromatic rings. The molecule has 7 nitrogen and oxygen atoms in total. The second kappa shape index (κ2) is 9.94. The van der Waals surface area contributed by atoms with Crippen molar-refractivity contribution in [2.24, 2.45) is 17.6 Å². The first kappa shape index (κ1) is 20.7. The molecule has 0 aromatic heterocycles. The molecule has 0 saturated carbocycles. The van der Waals surface area contributed by atoms with Crippen LogP contribution in [0.25, 0.3) is 0 Å². The normalized spacial score (nSPS) is 17.0. The fourth-order valence-corrected chi connectivity index (χ4v) is 3.16. The van der Waals surface area contributed by atoms with Gasteiger partial charge in [0.1, 0.15) is 12.6 Å². The standard InChI is InChI=1S/C20H29N3O4/c1-3-14(2)17(19(25)23-11-9-16(10-12-23)18(21)24)22-20(26)27-13-15-7-5-4-6-8-15/h4-8,14,16-17H,3,9-13H2,1-2H3,(H2,21,24)(H,22,26)/t14-,17+/m0/s1. The summed E-state index contributed by atoms with van der Waals surface area (Å²) < 4.78 is 5.26. The molecule has 1 saturated heterocycles. The van der Waals surface area contributed by atoms with Crippen LogP contribution in [0.3, 0.4) is 0 Å². The number of rotatable bonds is 7. The molecule has 3 amide bonds. The number of hydrogen-bond donors (Lipinski definition) is 2. The van der Waals surface area contributed by atoms with Gasteiger partial charge in [0.05, 0.1) is 0 Å². The topological polar surface area (TPSA) is 102 Å². The maximum atomic E-state index is 12.9. The van der Waals surface area contributed by atoms with Gasteiger partial charge in [-0.3, -0.25) is 9.59 Å². The molecule has 2 atom stereocenters. The molecule has 1 aliphatic rings. The van der Waals surface area contributed by atoms with Crippen molar-refractivity contribution in [2.45, 2.75) is 45.8 Å². The Morgan fingerprint density at radius 1 is 1.22 bits per heavy atom. The largest absolute Gasteiger partial charge is 0.445 e. The molecule has 3 N–H and O–H groups in total. The number of piperidine rings is 1. The summed E-state index contributed by atoms with van der Waals surface area (Å²) in [5, 5.41) is 2.73. The van der Waals surface area contributed by atoms with Crippen molar-refractivity contribution in [3.8, 4) is 0 Å². The molecule has 0 spiro atoms. The molecule has 1 fully saturated rings. The van der Waals surface area contributed by atoms with Gasteiger partial charge in [-0.1, -0.05) is 50.6 Å². The van der Waals surface area contributed by atoms with E-state index in [1.54, 1.807) is 4.90 Å². The SMILES string of the molecule is CC[C@H](C)[C@@H](NC(=O)OCc1ccccc1)C(=O)N1CCC(C(N)=O)CC1. The van der Waals surface area contributed by atoms with Crippen LogP contribution in [-0.4, -0.2) is 41.9 Å². The Hall–Kier alpha value is -2.57. The zero-order chi connectivity index (χ0) is 19.8. The number of alkyl carbamates (subject to hydrolysis) is 1. The van der Waals surface area contributed by atoms with Gasteiger partial charge in [-0.25, -0.2) is 4.79 Å². The lowest BCUT2D eigenvalue weighted by Gasteiger charge is -2.34. The van der Waals surface area contributed by atoms with Crippen LogP contribution in [0.2, 0.25) is 0 Å². The van der Waals surface area contributed by atoms with Gasteiger partial charge >= 0.3 is 6.09 Å². The van der Waals surface area contributed by atoms with E-state index in [9.17, 15) is 14.4 Å². The van der Waals surface area contributed by atoms with E-state index in [2.05, 4.69) is 5.32 Å². The number of ether oxygens (including phenoxy) is 1. The van der Waals surface area contributed by atoms with Crippen molar-refractivity contribution >= 4 is 17.9 Å². The fraction of sp³-hybridized carbons (Fsp3) is 0.550. The van der Waals surface area contributed by atoms with Gasteiger partial charge in [0.25, 0.3) is 0 Å². The lowest BCUT2D eigenvalue weighted by molar-refractivity contribution is -0.137. The Morgan fingerprint density at radius 3 is 2.41 bits per heavy atom. The van der Waals surface area contributed by atoms with Crippen molar-refractivity contribution in [3.63, 3.8) is 0 Å². The van der Waals surface area contributed by atoms with Gasteiger partial charge in [0.15, 0.2) is 0 Å². The molecule has 2 rings (SSSR count). The average molecular weight is 375 g/mol. The molecular formula is C20H29N3O4. The van der Waals surface area contributed by atoms with Gasteiger partial charge < -0.3 is 20.7 Å². The summed E-state index contributed by atoms with van der Waals surface area (Å²) >= 11 is 0. The zero-order valence-corrected chi connectivity index (χ0v) is 16.0. The zero-order valence-electron chi connectivity index (χ0n) is 16.0. The summed E-state index contributed by atoms with van der Waals surface area (Å²) in [7, 11) is 0. The summed E-state index contributed by atoms with van der Waals surface area (Å²) in [6.07, 6.45) is 1.26. The van der Waals surface area contributed by atoms with Crippen LogP contribution in [0.15, 0.2) is 30.3 Å². The number of hydrogen-bond acceptors (Lipinski definition) is 4. The average Bonchev–Trinajstić information content (AvgIpc) is 2.70. The number of likely N-dealkylation sites (tertiary alicyclic amines) is 1. The highest BCUT2D eigenvalue weighted by Gasteiger charge is 2.33. The van der Waals surface area contributed by atoms with Crippen molar-refractivity contribution in [2.75, 3.05) is 13.1 Å². The number of benzene rings is 1. The third-order valence-corrected chi connectivity index (χ3v) is 5.17. The van der Waals surface area contributed by atoms with E-state index in [-0.39, 0.29) is 30.3 Å². The Morgan fingerprint density at radius 2 is 1.85 bits per heavy atom. The lowest BCUT2D eigenvalue weighted by Crippen LogP contribution is -2.54. The summed E-state index contributed by atoms with van der Waals surface area (Å²) in [6.45, 7) is 5.00. The van der Waals surface area contributed by atoms with Gasteiger partial charge in [-0.15, -0.1) is 0 Å². The maximum absolute atomic E-state index is 12.9. The lowest BCUT2D eigenvalue weighted by atomic mass is 9.93. The Kier molecular flexibility index (Phi) is 7.64. The molecule has 1 aliphatic heterocycles. The molecule has 1 aromatic carbocycles. The van der Waals surface area contributed by atoms with Crippen molar-refractivity contribution in [1.29, 1.82) is 0 Å². The first-order valence-electron chi connectivity index (χ1n) is 9.47. The highest BCUT2D eigenvalue weighted by atomic mass is 16.5. The monoisotopic (exact) mass is 375 g/mol. The second-order valence-electron chi connectivity index (χ2n) is 7.07. The molecule has 148 valence electrons. The predicted octanol–water partition coefficient (Wildman–Crippen LogP) is 2.05. The first-order valence-corrected chi connectivity index (χ1v) is 9.47. The van der Waals surface area contributed by atoms with Crippen molar-refractivity contribution in [3.05, 3.63) is 35.9 Å². The van der Waals surface area contributed by atoms with Crippen LogP contribution in [0.5, 0.6) is 0 Å². The van der Waals surface area contributed by atoms with Gasteiger partial charge in [-0.2, -0.15) is 0 Å². The minimum atomic E-state index is -0.650. The van der Waals surface area contributed by atoms with Gasteiger partial charge in [-0.05, 0) is 24.3 Å². The minimum Gasteiger partial charge on any atom is -0.445 e. The van der Waals surface area contributed by atoms with E-state index < -0.39 is 12.1 Å². The number of amides is 3. The smallest absolute Gasteiger partial charge is 0.408 e. The van der Waals surface area contributed by atoms with Crippen LogP contribution in [0.4, 0.5) is 4.79 Å². The third kappa shape index (κ3) is 5.98. The Balaban J connectivity index is 1.93. The van der Waals surface area contributed by atoms with E-state index in [0.717, 1.165) is 12.0 Å². The summed E-state index contributed by atoms with van der Waals surface area (Å²) in [6, 6.07) is 8.72. The van der Waals surface area contributed by atoms with E-state index in [4.69, 9.17) is 10.5 Å². The molecule has 0 unspecified atom stereocenters. The molecule has 27 heavy (non-hydrogen) atoms. The van der Waals surface area contributed by atoms with Crippen LogP contribution >= 0.6 is 0 Å². The van der Waals surface area contributed by atoms with Gasteiger partial charge in [0, 0.05) is 19.0 Å². The van der Waals surface area contributed by atoms with Gasteiger partial charge in [0.2, 0.25) is 11.8 Å². The minimum absolute atomic E-state index is 0.0318. The van der Waals surface area contributed by atoms with E-state index >= 15 is 0 Å². The number of nitrogens with zero attached hydrogens (tertiary/aromatic N) is 1. The highest BCUT2D eigenvalue weighted by molar-refractivity contribution is 5.86. The summed E-state index contributed by atoms with van der Waals surface area (Å²) in [4.78, 5) is 38.1. The van der Waals surface area contributed by atoms with Crippen LogP contribution < -0.4 is 11.1 Å². The van der Waals surface area contributed by atoms with E-state index in [1.807, 2.05) is 44.2 Å². The first-order chi connectivity index (χ1) is 12.9. The Labute approximate surface area is 160 Å². The quantitative estimate of drug-likeness (QED) is 0.761. The third-order valence-electron chi connectivity index (χ3n) is 5.17. The van der Waals surface area contributed by atoms with E-state index in [1.165, 1.54) is 0 Å². The summed E-state index contributed by atoms with van der Waals surface area (Å²) in [5.41, 5.74) is 6.23. The van der Waals surface area contributed by atoms with Crippen LogP contribution in [-0.2, 0) is 20.9 Å². The highest BCUT2D eigenvalue weighted by Crippen LogP contribution is 2.19. The fourth-order valence-electron chi connectivity index (χ4n) is 3.16. The maximum Gasteiger partial charge on any atom is 0.408 e. The van der Waals surface area contributed by atoms with E-state index in [0.29, 0.717) is 25.9 Å². The number of primary amides is 1. The van der Waals surface area contributed by atoms with Crippen LogP contribution in [0, 0.1) is 11.8 Å². The number of nitrogens with two attached hydrogens (primary N) is 1. The second-order valence-corrected chi connectivity index (χ2v) is 7.07. The van der Waals surface area contributed by atoms with Crippen molar-refractivity contribution in [1.82, 2.24) is 10.2 Å². The van der Waals surface area contributed by atoms with Crippen LogP contribution in [0.1, 0.15) is 38.7 Å². The Bertz CT molecular complexity index is 642. The summed E-state index contributed by atoms with van der Waals surface area (Å²) in [5.74, 6) is -0.664. The predicted molar refractivity (Wildman–Crippen MR) is 102 cm³/mol. The molecule has 7 heteroatoms. The molecule has 0 aliphatic carbocycles.